The van der Waals surface area contributed by atoms with E-state index < -0.39 is 5.97 Å². The molecular weight excluding hydrogens is 148 g/mol. The van der Waals surface area contributed by atoms with Gasteiger partial charge in [0.05, 0.1) is 12.6 Å². The van der Waals surface area contributed by atoms with Gasteiger partial charge < -0.3 is 4.74 Å². The van der Waals surface area contributed by atoms with Crippen LogP contribution in [-0.2, 0) is 14.3 Å². The zero-order chi connectivity index (χ0) is 8.53. The third-order valence-electron chi connectivity index (χ3n) is 0.754. The fourth-order valence-corrected chi connectivity index (χ4v) is 0.366. The zero-order valence-corrected chi connectivity index (χ0v) is 5.74. The Bertz CT molecular complexity index is 212. The molecule has 0 N–H and O–H groups in total. The molecule has 0 bridgehead atoms. The minimum absolute atomic E-state index is 0.0236. The van der Waals surface area contributed by atoms with Gasteiger partial charge in [-0.25, -0.2) is 9.79 Å². The van der Waals surface area contributed by atoms with Crippen LogP contribution in [0.1, 0.15) is 6.42 Å². The number of hydrogen-bond acceptors (Lipinski definition) is 5. The van der Waals surface area contributed by atoms with Crippen molar-refractivity contribution in [2.45, 2.75) is 6.42 Å². The van der Waals surface area contributed by atoms with Gasteiger partial charge in [0.15, 0.2) is 0 Å². The van der Waals surface area contributed by atoms with Gasteiger partial charge in [-0.15, -0.1) is 0 Å². The Morgan fingerprint density at radius 1 is 1.64 bits per heavy atom. The molecule has 0 heterocycles. The molecule has 5 nitrogen and oxygen atoms in total. The number of ether oxygens (including phenoxy) is 1. The first-order valence-corrected chi connectivity index (χ1v) is 2.87. The minimum Gasteiger partial charge on any atom is -0.463 e. The molecule has 0 unspecified atom stereocenters. The fraction of sp³-hybridized carbons (Fsp3) is 0.500. The fourth-order valence-electron chi connectivity index (χ4n) is 0.366. The predicted octanol–water partition coefficient (Wildman–Crippen LogP) is -0.221. The Hall–Kier alpha value is -1.66. The van der Waals surface area contributed by atoms with E-state index in [0.717, 1.165) is 0 Å². The molecule has 0 aromatic carbocycles. The molecule has 0 aliphatic rings. The summed E-state index contributed by atoms with van der Waals surface area (Å²) in [6.07, 6.45) is 1.02. The Morgan fingerprint density at radius 2 is 2.36 bits per heavy atom. The minimum atomic E-state index is -0.603. The molecule has 58 valence electrons. The van der Waals surface area contributed by atoms with Gasteiger partial charge in [-0.3, -0.25) is 4.79 Å². The van der Waals surface area contributed by atoms with Crippen molar-refractivity contribution in [1.82, 2.24) is 0 Å². The summed E-state index contributed by atoms with van der Waals surface area (Å²) in [6.45, 7) is 0.121. The first-order chi connectivity index (χ1) is 5.31. The Labute approximate surface area is 63.3 Å². The van der Waals surface area contributed by atoms with Gasteiger partial charge in [0.2, 0.25) is 6.08 Å². The van der Waals surface area contributed by atoms with Crippen LogP contribution in [0, 0.1) is 11.3 Å². The summed E-state index contributed by atoms with van der Waals surface area (Å²) >= 11 is 0. The molecule has 0 radical (unpaired) electrons. The number of esters is 1. The van der Waals surface area contributed by atoms with Crippen LogP contribution in [0.5, 0.6) is 0 Å². The standard InChI is InChI=1S/C6H6N2O3/c7-2-1-6(10)11-4-3-8-5-9/h1,3-4H2. The van der Waals surface area contributed by atoms with E-state index in [-0.39, 0.29) is 19.6 Å². The lowest BCUT2D eigenvalue weighted by molar-refractivity contribution is -0.142. The number of nitriles is 1. The van der Waals surface area contributed by atoms with E-state index in [1.54, 1.807) is 6.07 Å². The molecule has 0 amide bonds. The zero-order valence-electron chi connectivity index (χ0n) is 5.74. The molecule has 0 spiro atoms. The van der Waals surface area contributed by atoms with Crippen LogP contribution in [0.4, 0.5) is 0 Å². The molecule has 11 heavy (non-hydrogen) atoms. The Kier molecular flexibility index (Phi) is 5.49. The SMILES string of the molecule is N#CCC(=O)OCCN=C=O. The lowest BCUT2D eigenvalue weighted by Crippen LogP contribution is -2.06. The van der Waals surface area contributed by atoms with Crippen LogP contribution in [0.15, 0.2) is 4.99 Å². The van der Waals surface area contributed by atoms with Crippen LogP contribution in [-0.4, -0.2) is 25.2 Å². The van der Waals surface area contributed by atoms with E-state index in [4.69, 9.17) is 5.26 Å². The van der Waals surface area contributed by atoms with Gasteiger partial charge in [-0.2, -0.15) is 5.26 Å². The maximum Gasteiger partial charge on any atom is 0.320 e. The number of aliphatic imine (C=N–C) groups is 1. The molecule has 0 atom stereocenters. The molecular formula is C6H6N2O3. The topological polar surface area (TPSA) is 79.5 Å². The van der Waals surface area contributed by atoms with Gasteiger partial charge in [0.25, 0.3) is 0 Å². The van der Waals surface area contributed by atoms with Gasteiger partial charge in [-0.1, -0.05) is 0 Å². The van der Waals surface area contributed by atoms with E-state index in [1.165, 1.54) is 6.08 Å². The Balaban J connectivity index is 3.33. The van der Waals surface area contributed by atoms with Gasteiger partial charge in [0, 0.05) is 0 Å². The number of isocyanates is 1. The van der Waals surface area contributed by atoms with E-state index >= 15 is 0 Å². The van der Waals surface area contributed by atoms with E-state index in [2.05, 4.69) is 9.73 Å². The van der Waals surface area contributed by atoms with Crippen molar-refractivity contribution in [2.24, 2.45) is 4.99 Å². The highest BCUT2D eigenvalue weighted by Crippen LogP contribution is 1.83. The molecule has 0 rings (SSSR count). The Morgan fingerprint density at radius 3 is 2.91 bits per heavy atom. The molecule has 0 saturated heterocycles. The average Bonchev–Trinajstić information content (AvgIpc) is 1.99. The maximum absolute atomic E-state index is 10.4. The first-order valence-electron chi connectivity index (χ1n) is 2.87. The van der Waals surface area contributed by atoms with Crippen LogP contribution in [0.2, 0.25) is 0 Å². The number of hydrogen-bond donors (Lipinski definition) is 0. The van der Waals surface area contributed by atoms with E-state index in [0.29, 0.717) is 0 Å². The van der Waals surface area contributed by atoms with Crippen LogP contribution >= 0.6 is 0 Å². The number of rotatable bonds is 4. The smallest absolute Gasteiger partial charge is 0.320 e. The monoisotopic (exact) mass is 154 g/mol. The van der Waals surface area contributed by atoms with Crippen molar-refractivity contribution in [3.05, 3.63) is 0 Å². The summed E-state index contributed by atoms with van der Waals surface area (Å²) in [5.41, 5.74) is 0. The van der Waals surface area contributed by atoms with Gasteiger partial charge >= 0.3 is 5.97 Å². The summed E-state index contributed by atoms with van der Waals surface area (Å²) in [6, 6.07) is 1.63. The normalized spacial score (nSPS) is 7.55. The van der Waals surface area contributed by atoms with Crippen LogP contribution in [0.25, 0.3) is 0 Å². The first kappa shape index (κ1) is 9.34. The predicted molar refractivity (Wildman–Crippen MR) is 34.2 cm³/mol. The molecule has 0 aliphatic heterocycles. The largest absolute Gasteiger partial charge is 0.463 e. The average molecular weight is 154 g/mol. The maximum atomic E-state index is 10.4. The van der Waals surface area contributed by atoms with Crippen LogP contribution < -0.4 is 0 Å². The molecule has 0 aromatic heterocycles. The van der Waals surface area contributed by atoms with Gasteiger partial charge in [-0.05, 0) is 0 Å². The van der Waals surface area contributed by atoms with Crippen LogP contribution in [0.3, 0.4) is 0 Å². The molecule has 0 aromatic rings. The van der Waals surface area contributed by atoms with Crippen molar-refractivity contribution in [3.63, 3.8) is 0 Å². The summed E-state index contributed by atoms with van der Waals surface area (Å²) in [5.74, 6) is -0.603. The lowest BCUT2D eigenvalue weighted by Gasteiger charge is -1.96. The van der Waals surface area contributed by atoms with Crippen molar-refractivity contribution in [2.75, 3.05) is 13.2 Å². The molecule has 0 saturated carbocycles. The highest BCUT2D eigenvalue weighted by molar-refractivity contribution is 5.71. The summed E-state index contributed by atoms with van der Waals surface area (Å²) < 4.78 is 4.45. The summed E-state index contributed by atoms with van der Waals surface area (Å²) in [4.78, 5) is 23.1. The van der Waals surface area contributed by atoms with Crippen molar-refractivity contribution in [1.29, 1.82) is 5.26 Å². The second-order valence-electron chi connectivity index (χ2n) is 1.53. The number of nitrogens with zero attached hydrogens (tertiary/aromatic N) is 2. The van der Waals surface area contributed by atoms with E-state index in [1.807, 2.05) is 0 Å². The molecule has 0 fully saturated rings. The van der Waals surface area contributed by atoms with E-state index in [9.17, 15) is 9.59 Å². The summed E-state index contributed by atoms with van der Waals surface area (Å²) in [5, 5.41) is 8.00. The lowest BCUT2D eigenvalue weighted by atomic mass is 10.5. The second kappa shape index (κ2) is 6.46. The second-order valence-corrected chi connectivity index (χ2v) is 1.53. The van der Waals surface area contributed by atoms with Crippen molar-refractivity contribution >= 4 is 12.0 Å². The third-order valence-corrected chi connectivity index (χ3v) is 0.754. The quantitative estimate of drug-likeness (QED) is 0.242. The highest BCUT2D eigenvalue weighted by Gasteiger charge is 1.98. The molecule has 0 aliphatic carbocycles. The van der Waals surface area contributed by atoms with Crippen molar-refractivity contribution in [3.8, 4) is 6.07 Å². The summed E-state index contributed by atoms with van der Waals surface area (Å²) in [7, 11) is 0. The number of carbonyl (C=O) groups excluding carboxylic acids is 2. The van der Waals surface area contributed by atoms with Gasteiger partial charge in [0.1, 0.15) is 13.0 Å². The highest BCUT2D eigenvalue weighted by atomic mass is 16.5. The number of carbonyl (C=O) groups is 1. The van der Waals surface area contributed by atoms with Crippen molar-refractivity contribution < 1.29 is 14.3 Å². The molecule has 5 heteroatoms. The third kappa shape index (κ3) is 6.22.